The molecule has 3 aromatic heterocycles. The van der Waals surface area contributed by atoms with Crippen LogP contribution < -0.4 is 5.56 Å². The molecule has 0 N–H and O–H groups in total. The van der Waals surface area contributed by atoms with Crippen LogP contribution in [0.4, 0.5) is 0 Å². The van der Waals surface area contributed by atoms with E-state index in [9.17, 15) is 4.79 Å². The fourth-order valence-corrected chi connectivity index (χ4v) is 6.54. The first kappa shape index (κ1) is 21.0. The number of thiophene rings is 1. The molecule has 6 rings (SSSR count). The molecule has 166 valence electrons. The Balaban J connectivity index is 1.24. The van der Waals surface area contributed by atoms with E-state index in [0.29, 0.717) is 12.6 Å². The number of fused-ring (bicyclic) bond motifs is 2. The molecule has 0 spiro atoms. The largest absolute Gasteiger partial charge is 0.284 e. The van der Waals surface area contributed by atoms with E-state index in [-0.39, 0.29) is 5.56 Å². The zero-order valence-electron chi connectivity index (χ0n) is 17.8. The molecule has 0 saturated carbocycles. The quantitative estimate of drug-likeness (QED) is 0.298. The van der Waals surface area contributed by atoms with E-state index in [2.05, 4.69) is 17.0 Å². The molecule has 33 heavy (non-hydrogen) atoms. The van der Waals surface area contributed by atoms with E-state index in [1.54, 1.807) is 27.4 Å². The average Bonchev–Trinajstić information content (AvgIpc) is 3.51. The van der Waals surface area contributed by atoms with Crippen molar-refractivity contribution in [3.05, 3.63) is 80.4 Å². The second-order valence-corrected chi connectivity index (χ2v) is 10.8. The van der Waals surface area contributed by atoms with Crippen LogP contribution in [-0.2, 0) is 6.67 Å². The van der Waals surface area contributed by atoms with Gasteiger partial charge in [-0.2, -0.15) is 5.10 Å². The molecule has 0 unspecified atom stereocenters. The van der Waals surface area contributed by atoms with Crippen molar-refractivity contribution in [2.75, 3.05) is 13.1 Å². The van der Waals surface area contributed by atoms with Crippen LogP contribution in [0.1, 0.15) is 23.8 Å². The van der Waals surface area contributed by atoms with E-state index in [1.807, 2.05) is 47.8 Å². The van der Waals surface area contributed by atoms with Gasteiger partial charge in [0.25, 0.3) is 5.56 Å². The summed E-state index contributed by atoms with van der Waals surface area (Å²) in [5.41, 5.74) is 1.83. The van der Waals surface area contributed by atoms with Gasteiger partial charge in [0.1, 0.15) is 5.69 Å². The Morgan fingerprint density at radius 1 is 1.03 bits per heavy atom. The summed E-state index contributed by atoms with van der Waals surface area (Å²) >= 11 is 9.54. The van der Waals surface area contributed by atoms with Crippen molar-refractivity contribution in [1.82, 2.24) is 19.7 Å². The minimum atomic E-state index is -0.0314. The van der Waals surface area contributed by atoms with Crippen LogP contribution >= 0.6 is 34.3 Å². The molecule has 0 atom stereocenters. The predicted molar refractivity (Wildman–Crippen MR) is 137 cm³/mol. The summed E-state index contributed by atoms with van der Waals surface area (Å²) < 4.78 is 2.82. The lowest BCUT2D eigenvalue weighted by Gasteiger charge is -2.31. The molecule has 0 radical (unpaired) electrons. The second-order valence-electron chi connectivity index (χ2n) is 8.37. The molecular formula is C25H21ClN4OS2. The summed E-state index contributed by atoms with van der Waals surface area (Å²) in [6.45, 7) is 2.33. The highest BCUT2D eigenvalue weighted by molar-refractivity contribution is 7.18. The van der Waals surface area contributed by atoms with E-state index in [1.165, 1.54) is 9.71 Å². The Morgan fingerprint density at radius 3 is 2.64 bits per heavy atom. The monoisotopic (exact) mass is 492 g/mol. The fraction of sp³-hybridized carbons (Fsp3) is 0.240. The van der Waals surface area contributed by atoms with Crippen molar-refractivity contribution in [1.29, 1.82) is 0 Å². The lowest BCUT2D eigenvalue weighted by atomic mass is 9.98. The number of benzene rings is 2. The highest BCUT2D eigenvalue weighted by atomic mass is 35.5. The SMILES string of the molecule is O=c1c2ccccc2c(-c2cccs2)nn1CN1CCC(c2nc3cc(Cl)ccc3s2)CC1. The van der Waals surface area contributed by atoms with Gasteiger partial charge in [-0.3, -0.25) is 9.69 Å². The summed E-state index contributed by atoms with van der Waals surface area (Å²) in [7, 11) is 0. The number of hydrogen-bond donors (Lipinski definition) is 0. The first-order valence-corrected chi connectivity index (χ1v) is 13.1. The number of aromatic nitrogens is 3. The fourth-order valence-electron chi connectivity index (χ4n) is 4.53. The van der Waals surface area contributed by atoms with Gasteiger partial charge in [0.15, 0.2) is 0 Å². The van der Waals surface area contributed by atoms with Crippen LogP contribution in [0.15, 0.2) is 64.8 Å². The number of hydrogen-bond acceptors (Lipinski definition) is 6. The summed E-state index contributed by atoms with van der Waals surface area (Å²) in [6, 6.07) is 17.8. The zero-order valence-corrected chi connectivity index (χ0v) is 20.2. The zero-order chi connectivity index (χ0) is 22.4. The van der Waals surface area contributed by atoms with Gasteiger partial charge in [0.2, 0.25) is 0 Å². The first-order valence-electron chi connectivity index (χ1n) is 11.0. The van der Waals surface area contributed by atoms with Crippen LogP contribution in [0.25, 0.3) is 31.6 Å². The van der Waals surface area contributed by atoms with E-state index < -0.39 is 0 Å². The standard InChI is InChI=1S/C25H21ClN4OS2/c26-17-7-8-21-20(14-17)27-24(33-21)16-9-11-29(12-10-16)15-30-25(31)19-5-2-1-4-18(19)23(28-30)22-6-3-13-32-22/h1-8,13-14,16H,9-12,15H2. The summed E-state index contributed by atoms with van der Waals surface area (Å²) in [5, 5.41) is 10.4. The van der Waals surface area contributed by atoms with Crippen molar-refractivity contribution in [3.8, 4) is 10.6 Å². The van der Waals surface area contributed by atoms with Crippen LogP contribution in [0.2, 0.25) is 5.02 Å². The molecule has 2 aromatic carbocycles. The molecule has 5 nitrogen and oxygen atoms in total. The molecule has 0 aliphatic carbocycles. The molecule has 8 heteroatoms. The van der Waals surface area contributed by atoms with Crippen molar-refractivity contribution >= 4 is 55.3 Å². The maximum Gasteiger partial charge on any atom is 0.275 e. The summed E-state index contributed by atoms with van der Waals surface area (Å²) in [4.78, 5) is 21.4. The van der Waals surface area contributed by atoms with E-state index >= 15 is 0 Å². The number of likely N-dealkylation sites (tertiary alicyclic amines) is 1. The number of rotatable bonds is 4. The Hall–Kier alpha value is -2.58. The van der Waals surface area contributed by atoms with Gasteiger partial charge < -0.3 is 0 Å². The molecule has 5 aromatic rings. The third-order valence-corrected chi connectivity index (χ3v) is 8.57. The van der Waals surface area contributed by atoms with Crippen molar-refractivity contribution in [2.45, 2.75) is 25.4 Å². The minimum Gasteiger partial charge on any atom is -0.284 e. The van der Waals surface area contributed by atoms with Crippen molar-refractivity contribution in [2.24, 2.45) is 0 Å². The average molecular weight is 493 g/mol. The van der Waals surface area contributed by atoms with E-state index in [0.717, 1.165) is 57.8 Å². The molecule has 1 aliphatic rings. The third kappa shape index (κ3) is 3.99. The van der Waals surface area contributed by atoms with Crippen LogP contribution in [0, 0.1) is 0 Å². The molecular weight excluding hydrogens is 472 g/mol. The van der Waals surface area contributed by atoms with Gasteiger partial charge in [0.05, 0.1) is 32.2 Å². The maximum absolute atomic E-state index is 13.2. The Labute approximate surface area is 203 Å². The third-order valence-electron chi connectivity index (χ3n) is 6.26. The smallest absolute Gasteiger partial charge is 0.275 e. The summed E-state index contributed by atoms with van der Waals surface area (Å²) in [5.74, 6) is 0.445. The number of thiazole rings is 1. The number of halogens is 1. The summed E-state index contributed by atoms with van der Waals surface area (Å²) in [6.07, 6.45) is 2.04. The Bertz CT molecular complexity index is 1500. The topological polar surface area (TPSA) is 51.0 Å². The van der Waals surface area contributed by atoms with Gasteiger partial charge in [0, 0.05) is 29.4 Å². The lowest BCUT2D eigenvalue weighted by Crippen LogP contribution is -2.38. The Morgan fingerprint density at radius 2 is 1.85 bits per heavy atom. The predicted octanol–water partition coefficient (Wildman–Crippen LogP) is 6.23. The molecule has 0 amide bonds. The highest BCUT2D eigenvalue weighted by Gasteiger charge is 2.24. The van der Waals surface area contributed by atoms with E-state index in [4.69, 9.17) is 21.7 Å². The maximum atomic E-state index is 13.2. The molecule has 4 heterocycles. The van der Waals surface area contributed by atoms with Gasteiger partial charge in [-0.05, 0) is 48.6 Å². The molecule has 0 bridgehead atoms. The van der Waals surface area contributed by atoms with Crippen molar-refractivity contribution in [3.63, 3.8) is 0 Å². The Kier molecular flexibility index (Phi) is 5.50. The molecule has 1 saturated heterocycles. The van der Waals surface area contributed by atoms with Gasteiger partial charge in [-0.25, -0.2) is 9.67 Å². The van der Waals surface area contributed by atoms with Crippen LogP contribution in [0.3, 0.4) is 0 Å². The first-order chi connectivity index (χ1) is 16.2. The van der Waals surface area contributed by atoms with Crippen LogP contribution in [-0.4, -0.2) is 32.8 Å². The van der Waals surface area contributed by atoms with Crippen LogP contribution in [0.5, 0.6) is 0 Å². The van der Waals surface area contributed by atoms with Gasteiger partial charge in [-0.15, -0.1) is 22.7 Å². The minimum absolute atomic E-state index is 0.0314. The highest BCUT2D eigenvalue weighted by Crippen LogP contribution is 2.35. The number of nitrogens with zero attached hydrogens (tertiary/aromatic N) is 4. The lowest BCUT2D eigenvalue weighted by molar-refractivity contribution is 0.159. The molecule has 1 aliphatic heterocycles. The molecule has 1 fully saturated rings. The second kappa shape index (κ2) is 8.65. The van der Waals surface area contributed by atoms with Crippen molar-refractivity contribution < 1.29 is 0 Å². The van der Waals surface area contributed by atoms with Gasteiger partial charge >= 0.3 is 0 Å². The number of piperidine rings is 1. The normalized spacial score (nSPS) is 15.5. The van der Waals surface area contributed by atoms with Gasteiger partial charge in [-0.1, -0.05) is 35.9 Å².